The molecule has 1 aromatic carbocycles. The van der Waals surface area contributed by atoms with Crippen LogP contribution in [0.5, 0.6) is 0 Å². The van der Waals surface area contributed by atoms with Gasteiger partial charge in [0.05, 0.1) is 0 Å². The van der Waals surface area contributed by atoms with Crippen molar-refractivity contribution >= 4 is 12.1 Å². The highest BCUT2D eigenvalue weighted by Crippen LogP contribution is 2.31. The Morgan fingerprint density at radius 1 is 0.944 bits per heavy atom. The molecule has 4 amide bonds. The lowest BCUT2D eigenvalue weighted by Gasteiger charge is -2.23. The van der Waals surface area contributed by atoms with Gasteiger partial charge in [-0.3, -0.25) is 9.80 Å². The van der Waals surface area contributed by atoms with Crippen LogP contribution in [0.4, 0.5) is 9.59 Å². The molecule has 0 aromatic heterocycles. The first-order valence-electron chi connectivity index (χ1n) is 5.95. The third-order valence-electron chi connectivity index (χ3n) is 3.82. The normalized spacial score (nSPS) is 28.4. The van der Waals surface area contributed by atoms with Crippen molar-refractivity contribution in [2.24, 2.45) is 0 Å². The van der Waals surface area contributed by atoms with Crippen LogP contribution in [0.3, 0.4) is 0 Å². The molecule has 0 spiro atoms. The lowest BCUT2D eigenvalue weighted by molar-refractivity contribution is 0.178. The van der Waals surface area contributed by atoms with Crippen LogP contribution in [0.1, 0.15) is 11.1 Å². The smallest absolute Gasteiger partial charge is 0.314 e. The van der Waals surface area contributed by atoms with E-state index in [0.29, 0.717) is 13.1 Å². The first-order chi connectivity index (χ1) is 8.74. The fourth-order valence-electron chi connectivity index (χ4n) is 2.93. The molecule has 2 N–H and O–H groups in total. The lowest BCUT2D eigenvalue weighted by Crippen LogP contribution is -2.44. The van der Waals surface area contributed by atoms with E-state index in [-0.39, 0.29) is 24.4 Å². The number of hydrogen-bond donors (Lipinski definition) is 2. The Hall–Kier alpha value is -2.24. The van der Waals surface area contributed by atoms with Crippen molar-refractivity contribution in [3.8, 4) is 0 Å². The molecule has 3 aliphatic rings. The SMILES string of the molecule is O=C1N[C@@H]2[C@H](N1)N1Cc3ccccc3CN2C1=O. The third kappa shape index (κ3) is 1.12. The number of nitrogens with one attached hydrogen (secondary N) is 2. The van der Waals surface area contributed by atoms with Crippen molar-refractivity contribution in [2.45, 2.75) is 25.4 Å². The van der Waals surface area contributed by atoms with Crippen LogP contribution in [0, 0.1) is 0 Å². The summed E-state index contributed by atoms with van der Waals surface area (Å²) < 4.78 is 0. The van der Waals surface area contributed by atoms with Crippen LogP contribution in [-0.2, 0) is 13.1 Å². The van der Waals surface area contributed by atoms with E-state index in [2.05, 4.69) is 10.6 Å². The second-order valence-corrected chi connectivity index (χ2v) is 4.81. The number of amides is 4. The summed E-state index contributed by atoms with van der Waals surface area (Å²) >= 11 is 0. The monoisotopic (exact) mass is 244 g/mol. The summed E-state index contributed by atoms with van der Waals surface area (Å²) in [5.41, 5.74) is 2.29. The van der Waals surface area contributed by atoms with Gasteiger partial charge >= 0.3 is 12.1 Å². The van der Waals surface area contributed by atoms with Gasteiger partial charge in [0.15, 0.2) is 0 Å². The molecule has 6 heteroatoms. The molecule has 18 heavy (non-hydrogen) atoms. The molecule has 3 aliphatic heterocycles. The largest absolute Gasteiger partial charge is 0.324 e. The molecule has 2 fully saturated rings. The van der Waals surface area contributed by atoms with E-state index in [4.69, 9.17) is 0 Å². The lowest BCUT2D eigenvalue weighted by atomic mass is 10.1. The predicted octanol–water partition coefficient (Wildman–Crippen LogP) is 0.403. The Bertz CT molecular complexity index is 514. The molecule has 2 saturated heterocycles. The highest BCUT2D eigenvalue weighted by Gasteiger charge is 2.52. The second kappa shape index (κ2) is 3.16. The van der Waals surface area contributed by atoms with Crippen LogP contribution in [-0.4, -0.2) is 34.2 Å². The maximum absolute atomic E-state index is 12.3. The molecule has 0 saturated carbocycles. The molecule has 0 aliphatic carbocycles. The van der Waals surface area contributed by atoms with Gasteiger partial charge in [-0.25, -0.2) is 9.59 Å². The van der Waals surface area contributed by atoms with Crippen molar-refractivity contribution in [3.63, 3.8) is 0 Å². The van der Waals surface area contributed by atoms with Crippen molar-refractivity contribution in [1.82, 2.24) is 20.4 Å². The van der Waals surface area contributed by atoms with Gasteiger partial charge in [0.2, 0.25) is 0 Å². The molecule has 0 radical (unpaired) electrons. The summed E-state index contributed by atoms with van der Waals surface area (Å²) in [4.78, 5) is 27.1. The first kappa shape index (κ1) is 9.76. The third-order valence-corrected chi connectivity index (χ3v) is 3.82. The quantitative estimate of drug-likeness (QED) is 0.694. The summed E-state index contributed by atoms with van der Waals surface area (Å²) in [6.07, 6.45) is -0.503. The summed E-state index contributed by atoms with van der Waals surface area (Å²) in [5.74, 6) is 0. The van der Waals surface area contributed by atoms with E-state index < -0.39 is 0 Å². The summed E-state index contributed by atoms with van der Waals surface area (Å²) in [7, 11) is 0. The van der Waals surface area contributed by atoms with E-state index in [1.54, 1.807) is 9.80 Å². The molecule has 1 aromatic rings. The van der Waals surface area contributed by atoms with Gasteiger partial charge in [0.1, 0.15) is 12.3 Å². The standard InChI is InChI=1S/C12H12N4O2/c17-11-13-9-10(14-11)16-6-8-4-2-1-3-7(8)5-15(9)12(16)18/h1-4,9-10H,5-6H2,(H2,13,14,17)/t9-,10+. The van der Waals surface area contributed by atoms with Crippen LogP contribution < -0.4 is 10.6 Å². The molecule has 0 unspecified atom stereocenters. The Morgan fingerprint density at radius 2 is 1.44 bits per heavy atom. The molecule has 4 rings (SSSR count). The topological polar surface area (TPSA) is 64.7 Å². The number of rotatable bonds is 0. The van der Waals surface area contributed by atoms with Crippen LogP contribution >= 0.6 is 0 Å². The maximum Gasteiger partial charge on any atom is 0.324 e. The number of fused-ring (bicyclic) bond motifs is 6. The van der Waals surface area contributed by atoms with Gasteiger partial charge < -0.3 is 10.6 Å². The number of benzene rings is 1. The second-order valence-electron chi connectivity index (χ2n) is 4.81. The van der Waals surface area contributed by atoms with Crippen molar-refractivity contribution in [1.29, 1.82) is 0 Å². The molecular formula is C12H12N4O2. The molecule has 3 heterocycles. The van der Waals surface area contributed by atoms with E-state index >= 15 is 0 Å². The minimum Gasteiger partial charge on any atom is -0.314 e. The van der Waals surface area contributed by atoms with Crippen LogP contribution in [0.15, 0.2) is 24.3 Å². The minimum absolute atomic E-state index is 0.0197. The number of carbonyl (C=O) groups is 2. The molecule has 6 nitrogen and oxygen atoms in total. The van der Waals surface area contributed by atoms with Crippen LogP contribution in [0.25, 0.3) is 0 Å². The van der Waals surface area contributed by atoms with Crippen LogP contribution in [0.2, 0.25) is 0 Å². The minimum atomic E-state index is -0.252. The molecular weight excluding hydrogens is 232 g/mol. The molecule has 2 bridgehead atoms. The highest BCUT2D eigenvalue weighted by molar-refractivity contribution is 5.85. The van der Waals surface area contributed by atoms with Gasteiger partial charge in [0, 0.05) is 13.1 Å². The summed E-state index contributed by atoms with van der Waals surface area (Å²) in [5, 5.41) is 5.58. The van der Waals surface area contributed by atoms with E-state index in [1.807, 2.05) is 24.3 Å². The fraction of sp³-hybridized carbons (Fsp3) is 0.333. The average Bonchev–Trinajstić information content (AvgIpc) is 2.76. The zero-order valence-corrected chi connectivity index (χ0v) is 9.59. The van der Waals surface area contributed by atoms with Gasteiger partial charge in [-0.05, 0) is 11.1 Å². The van der Waals surface area contributed by atoms with Gasteiger partial charge in [-0.2, -0.15) is 0 Å². The Kier molecular flexibility index (Phi) is 1.71. The molecule has 2 atom stereocenters. The van der Waals surface area contributed by atoms with E-state index in [9.17, 15) is 9.59 Å². The Labute approximate surface area is 104 Å². The Morgan fingerprint density at radius 3 is 1.94 bits per heavy atom. The van der Waals surface area contributed by atoms with Gasteiger partial charge in [0.25, 0.3) is 0 Å². The fourth-order valence-corrected chi connectivity index (χ4v) is 2.93. The molecule has 92 valence electrons. The number of urea groups is 2. The van der Waals surface area contributed by atoms with Crippen molar-refractivity contribution in [2.75, 3.05) is 0 Å². The predicted molar refractivity (Wildman–Crippen MR) is 62.2 cm³/mol. The number of nitrogens with zero attached hydrogens (tertiary/aromatic N) is 2. The Balaban J connectivity index is 1.80. The van der Waals surface area contributed by atoms with E-state index in [0.717, 1.165) is 11.1 Å². The highest BCUT2D eigenvalue weighted by atomic mass is 16.2. The summed E-state index contributed by atoms with van der Waals surface area (Å²) in [6.45, 7) is 1.10. The number of hydrogen-bond acceptors (Lipinski definition) is 2. The van der Waals surface area contributed by atoms with Gasteiger partial charge in [-0.1, -0.05) is 24.3 Å². The van der Waals surface area contributed by atoms with Crippen molar-refractivity contribution < 1.29 is 9.59 Å². The zero-order valence-electron chi connectivity index (χ0n) is 9.59. The first-order valence-corrected chi connectivity index (χ1v) is 5.95. The van der Waals surface area contributed by atoms with E-state index in [1.165, 1.54) is 0 Å². The summed E-state index contributed by atoms with van der Waals surface area (Å²) in [6, 6.07) is 7.78. The number of carbonyl (C=O) groups excluding carboxylic acids is 2. The maximum atomic E-state index is 12.3. The average molecular weight is 244 g/mol. The zero-order chi connectivity index (χ0) is 12.3. The van der Waals surface area contributed by atoms with Crippen molar-refractivity contribution in [3.05, 3.63) is 35.4 Å². The van der Waals surface area contributed by atoms with Gasteiger partial charge in [-0.15, -0.1) is 0 Å².